The van der Waals surface area contributed by atoms with Crippen molar-refractivity contribution in [2.75, 3.05) is 0 Å². The minimum absolute atomic E-state index is 0.398. The molecule has 0 N–H and O–H groups in total. The second-order valence-corrected chi connectivity index (χ2v) is 3.52. The van der Waals surface area contributed by atoms with Gasteiger partial charge in [-0.1, -0.05) is 26.2 Å². The largest absolute Gasteiger partial charge is 0.299 e. The molecule has 0 heterocycles. The highest BCUT2D eigenvalue weighted by molar-refractivity contribution is 5.80. The summed E-state index contributed by atoms with van der Waals surface area (Å²) in [4.78, 5) is 11.4. The normalized spacial score (nSPS) is 27.7. The Hall–Kier alpha value is -0.330. The minimum Gasteiger partial charge on any atom is -0.299 e. The molecule has 0 aromatic rings. The predicted octanol–water partition coefficient (Wildman–Crippen LogP) is 2.94. The fraction of sp³-hybridized carbons (Fsp3) is 0.900. The third-order valence-electron chi connectivity index (χ3n) is 2.67. The van der Waals surface area contributed by atoms with Crippen molar-refractivity contribution in [1.82, 2.24) is 0 Å². The van der Waals surface area contributed by atoms with Gasteiger partial charge in [-0.3, -0.25) is 4.79 Å². The highest BCUT2D eigenvalue weighted by atomic mass is 16.1. The molecule has 0 spiro atoms. The lowest BCUT2D eigenvalue weighted by Gasteiger charge is -2.16. The van der Waals surface area contributed by atoms with E-state index < -0.39 is 0 Å². The zero-order valence-corrected chi connectivity index (χ0v) is 7.44. The zero-order valence-electron chi connectivity index (χ0n) is 7.44. The summed E-state index contributed by atoms with van der Waals surface area (Å²) in [5.74, 6) is 0.919. The van der Waals surface area contributed by atoms with Crippen molar-refractivity contribution >= 4 is 5.78 Å². The average molecular weight is 154 g/mol. The maximum Gasteiger partial charge on any atom is 0.135 e. The molecule has 1 fully saturated rings. The van der Waals surface area contributed by atoms with Crippen molar-refractivity contribution in [1.29, 1.82) is 0 Å². The van der Waals surface area contributed by atoms with Gasteiger partial charge in [-0.2, -0.15) is 0 Å². The molecule has 64 valence electrons. The molecule has 1 unspecified atom stereocenters. The SMILES string of the molecule is CCC1CCCCCCC1=O. The Morgan fingerprint density at radius 2 is 2.00 bits per heavy atom. The first-order valence-corrected chi connectivity index (χ1v) is 4.87. The Kier molecular flexibility index (Phi) is 3.61. The van der Waals surface area contributed by atoms with Crippen LogP contribution < -0.4 is 0 Å². The molecule has 1 nitrogen and oxygen atoms in total. The van der Waals surface area contributed by atoms with Gasteiger partial charge in [0.2, 0.25) is 0 Å². The fourth-order valence-corrected chi connectivity index (χ4v) is 1.84. The lowest BCUT2D eigenvalue weighted by Crippen LogP contribution is -2.15. The average Bonchev–Trinajstić information content (AvgIpc) is 1.98. The van der Waals surface area contributed by atoms with Crippen molar-refractivity contribution < 1.29 is 4.79 Å². The van der Waals surface area contributed by atoms with Crippen molar-refractivity contribution in [3.63, 3.8) is 0 Å². The van der Waals surface area contributed by atoms with Crippen LogP contribution in [0, 0.1) is 5.92 Å². The number of hydrogen-bond donors (Lipinski definition) is 0. The molecule has 11 heavy (non-hydrogen) atoms. The second-order valence-electron chi connectivity index (χ2n) is 3.52. The molecular formula is C10H18O. The Balaban J connectivity index is 2.39. The highest BCUT2D eigenvalue weighted by Crippen LogP contribution is 2.21. The first kappa shape index (κ1) is 8.76. The van der Waals surface area contributed by atoms with Crippen molar-refractivity contribution in [3.05, 3.63) is 0 Å². The summed E-state index contributed by atoms with van der Waals surface area (Å²) in [5.41, 5.74) is 0. The Bertz CT molecular complexity index is 129. The van der Waals surface area contributed by atoms with Gasteiger partial charge in [0, 0.05) is 12.3 Å². The van der Waals surface area contributed by atoms with E-state index in [9.17, 15) is 4.79 Å². The highest BCUT2D eigenvalue weighted by Gasteiger charge is 2.16. The van der Waals surface area contributed by atoms with Gasteiger partial charge in [0.1, 0.15) is 5.78 Å². The molecule has 0 radical (unpaired) electrons. The van der Waals surface area contributed by atoms with Gasteiger partial charge in [0.15, 0.2) is 0 Å². The van der Waals surface area contributed by atoms with Crippen LogP contribution in [0.4, 0.5) is 0 Å². The molecule has 1 aliphatic rings. The summed E-state index contributed by atoms with van der Waals surface area (Å²) in [6.07, 6.45) is 8.05. The van der Waals surface area contributed by atoms with Crippen LogP contribution in [0.25, 0.3) is 0 Å². The summed E-state index contributed by atoms with van der Waals surface area (Å²) in [6.45, 7) is 2.13. The standard InChI is InChI=1S/C10H18O/c1-2-9-7-5-3-4-6-8-10(9)11/h9H,2-8H2,1H3. The van der Waals surface area contributed by atoms with E-state index in [0.29, 0.717) is 11.7 Å². The van der Waals surface area contributed by atoms with Crippen LogP contribution in [-0.4, -0.2) is 5.78 Å². The van der Waals surface area contributed by atoms with Gasteiger partial charge in [0.25, 0.3) is 0 Å². The van der Waals surface area contributed by atoms with Crippen molar-refractivity contribution in [2.24, 2.45) is 5.92 Å². The van der Waals surface area contributed by atoms with Gasteiger partial charge < -0.3 is 0 Å². The monoisotopic (exact) mass is 154 g/mol. The lowest BCUT2D eigenvalue weighted by atomic mass is 9.88. The van der Waals surface area contributed by atoms with Crippen LogP contribution in [0.3, 0.4) is 0 Å². The van der Waals surface area contributed by atoms with Crippen LogP contribution >= 0.6 is 0 Å². The van der Waals surface area contributed by atoms with Gasteiger partial charge in [-0.05, 0) is 19.3 Å². The summed E-state index contributed by atoms with van der Waals surface area (Å²) in [5, 5.41) is 0. The molecule has 0 aromatic heterocycles. The van der Waals surface area contributed by atoms with Crippen molar-refractivity contribution in [2.45, 2.75) is 51.9 Å². The molecule has 0 bridgehead atoms. The van der Waals surface area contributed by atoms with Crippen LogP contribution in [0.15, 0.2) is 0 Å². The van der Waals surface area contributed by atoms with E-state index >= 15 is 0 Å². The summed E-state index contributed by atoms with van der Waals surface area (Å²) >= 11 is 0. The number of Topliss-reactive ketones (excluding diaryl/α,β-unsaturated/α-hetero) is 1. The lowest BCUT2D eigenvalue weighted by molar-refractivity contribution is -0.123. The van der Waals surface area contributed by atoms with Gasteiger partial charge >= 0.3 is 0 Å². The summed E-state index contributed by atoms with van der Waals surface area (Å²) in [7, 11) is 0. The van der Waals surface area contributed by atoms with Gasteiger partial charge in [-0.15, -0.1) is 0 Å². The minimum atomic E-state index is 0.398. The number of ketones is 1. The fourth-order valence-electron chi connectivity index (χ4n) is 1.84. The third-order valence-corrected chi connectivity index (χ3v) is 2.67. The van der Waals surface area contributed by atoms with Gasteiger partial charge in [0.05, 0.1) is 0 Å². The Labute approximate surface area is 69.2 Å². The zero-order chi connectivity index (χ0) is 8.10. The molecule has 0 aromatic carbocycles. The summed E-state index contributed by atoms with van der Waals surface area (Å²) in [6, 6.07) is 0. The Morgan fingerprint density at radius 3 is 2.73 bits per heavy atom. The van der Waals surface area contributed by atoms with E-state index in [2.05, 4.69) is 6.92 Å². The summed E-state index contributed by atoms with van der Waals surface area (Å²) < 4.78 is 0. The molecule has 1 rings (SSSR count). The molecular weight excluding hydrogens is 136 g/mol. The van der Waals surface area contributed by atoms with Crippen molar-refractivity contribution in [3.8, 4) is 0 Å². The molecule has 0 saturated heterocycles. The molecule has 1 saturated carbocycles. The Morgan fingerprint density at radius 1 is 1.27 bits per heavy atom. The number of rotatable bonds is 1. The van der Waals surface area contributed by atoms with Gasteiger partial charge in [-0.25, -0.2) is 0 Å². The third kappa shape index (κ3) is 2.64. The van der Waals surface area contributed by atoms with Crippen LogP contribution in [0.5, 0.6) is 0 Å². The van der Waals surface area contributed by atoms with E-state index in [4.69, 9.17) is 0 Å². The predicted molar refractivity (Wildman–Crippen MR) is 46.5 cm³/mol. The quantitative estimate of drug-likeness (QED) is 0.567. The van der Waals surface area contributed by atoms with Crippen LogP contribution in [-0.2, 0) is 4.79 Å². The first-order chi connectivity index (χ1) is 5.34. The number of hydrogen-bond acceptors (Lipinski definition) is 1. The van der Waals surface area contributed by atoms with Crippen LogP contribution in [0.2, 0.25) is 0 Å². The van der Waals surface area contributed by atoms with E-state index in [-0.39, 0.29) is 0 Å². The maximum absolute atomic E-state index is 11.4. The molecule has 0 aliphatic heterocycles. The first-order valence-electron chi connectivity index (χ1n) is 4.87. The van der Waals surface area contributed by atoms with E-state index in [1.54, 1.807) is 0 Å². The smallest absolute Gasteiger partial charge is 0.135 e. The van der Waals surface area contributed by atoms with E-state index in [0.717, 1.165) is 25.7 Å². The van der Waals surface area contributed by atoms with Crippen LogP contribution in [0.1, 0.15) is 51.9 Å². The topological polar surface area (TPSA) is 17.1 Å². The second kappa shape index (κ2) is 4.53. The molecule has 0 amide bonds. The van der Waals surface area contributed by atoms with E-state index in [1.807, 2.05) is 0 Å². The maximum atomic E-state index is 11.4. The number of carbonyl (C=O) groups excluding carboxylic acids is 1. The molecule has 1 heteroatoms. The molecule has 1 atom stereocenters. The molecule has 1 aliphatic carbocycles. The van der Waals surface area contributed by atoms with E-state index in [1.165, 1.54) is 19.3 Å². The number of carbonyl (C=O) groups is 1.